The molecule has 180 valence electrons. The van der Waals surface area contributed by atoms with Gasteiger partial charge in [0.15, 0.2) is 0 Å². The SMILES string of the molecule is N#Cc1ccc(C/C(=N\N(NC=O)c2ccc(OC(F)F)cc2)c2cccc(C(F)(F)F)c2)cc1. The number of benzene rings is 3. The van der Waals surface area contributed by atoms with Gasteiger partial charge in [0, 0.05) is 6.42 Å². The van der Waals surface area contributed by atoms with Crippen LogP contribution >= 0.6 is 0 Å². The van der Waals surface area contributed by atoms with E-state index >= 15 is 0 Å². The average molecular weight is 488 g/mol. The second-order valence-electron chi connectivity index (χ2n) is 7.04. The van der Waals surface area contributed by atoms with Crippen LogP contribution in [0.5, 0.6) is 5.75 Å². The third-order valence-electron chi connectivity index (χ3n) is 4.68. The summed E-state index contributed by atoms with van der Waals surface area (Å²) in [5.74, 6) is -0.130. The van der Waals surface area contributed by atoms with Gasteiger partial charge in [-0.05, 0) is 59.7 Å². The van der Waals surface area contributed by atoms with Crippen LogP contribution in [0.2, 0.25) is 0 Å². The first-order valence-corrected chi connectivity index (χ1v) is 9.98. The van der Waals surface area contributed by atoms with Crippen LogP contribution in [0.3, 0.4) is 0 Å². The van der Waals surface area contributed by atoms with Crippen LogP contribution in [0.15, 0.2) is 77.9 Å². The molecule has 11 heteroatoms. The lowest BCUT2D eigenvalue weighted by Crippen LogP contribution is -2.34. The molecule has 3 aromatic carbocycles. The van der Waals surface area contributed by atoms with E-state index < -0.39 is 18.4 Å². The molecule has 0 unspecified atom stereocenters. The van der Waals surface area contributed by atoms with Gasteiger partial charge in [-0.1, -0.05) is 24.3 Å². The Morgan fingerprint density at radius 2 is 1.77 bits per heavy atom. The number of hydrazone groups is 1. The number of amides is 1. The summed E-state index contributed by atoms with van der Waals surface area (Å²) in [6.45, 7) is -3.02. The maximum atomic E-state index is 13.3. The number of carbonyl (C=O) groups is 1. The van der Waals surface area contributed by atoms with Gasteiger partial charge in [-0.3, -0.25) is 4.79 Å². The van der Waals surface area contributed by atoms with Crippen molar-refractivity contribution in [1.82, 2.24) is 5.43 Å². The fraction of sp³-hybridized carbons (Fsp3) is 0.125. The van der Waals surface area contributed by atoms with Gasteiger partial charge in [0.2, 0.25) is 6.41 Å². The maximum absolute atomic E-state index is 13.3. The fourth-order valence-electron chi connectivity index (χ4n) is 3.06. The Morgan fingerprint density at radius 3 is 2.34 bits per heavy atom. The summed E-state index contributed by atoms with van der Waals surface area (Å²) in [5.41, 5.74) is 3.00. The highest BCUT2D eigenvalue weighted by Crippen LogP contribution is 2.30. The molecule has 0 aliphatic carbocycles. The van der Waals surface area contributed by atoms with Gasteiger partial charge >= 0.3 is 12.8 Å². The zero-order valence-electron chi connectivity index (χ0n) is 17.8. The molecular weight excluding hydrogens is 471 g/mol. The summed E-state index contributed by atoms with van der Waals surface area (Å²) in [4.78, 5) is 11.2. The number of alkyl halides is 5. The van der Waals surface area contributed by atoms with Crippen molar-refractivity contribution in [3.05, 3.63) is 95.1 Å². The van der Waals surface area contributed by atoms with Gasteiger partial charge in [-0.25, -0.2) is 5.43 Å². The minimum Gasteiger partial charge on any atom is -0.435 e. The van der Waals surface area contributed by atoms with E-state index in [1.165, 1.54) is 36.4 Å². The molecule has 0 aromatic heterocycles. The molecule has 35 heavy (non-hydrogen) atoms. The van der Waals surface area contributed by atoms with Crippen molar-refractivity contribution in [2.75, 3.05) is 5.12 Å². The zero-order valence-corrected chi connectivity index (χ0v) is 17.8. The number of ether oxygens (including phenoxy) is 1. The van der Waals surface area contributed by atoms with Crippen LogP contribution in [0.1, 0.15) is 22.3 Å². The summed E-state index contributed by atoms with van der Waals surface area (Å²) in [6.07, 6.45) is -4.23. The molecule has 6 nitrogen and oxygen atoms in total. The van der Waals surface area contributed by atoms with Gasteiger partial charge < -0.3 is 4.74 Å². The molecule has 0 aliphatic rings. The van der Waals surface area contributed by atoms with E-state index in [-0.39, 0.29) is 29.1 Å². The van der Waals surface area contributed by atoms with Gasteiger partial charge in [0.25, 0.3) is 0 Å². The van der Waals surface area contributed by atoms with Crippen molar-refractivity contribution in [3.63, 3.8) is 0 Å². The quantitative estimate of drug-likeness (QED) is 0.192. The molecule has 0 spiro atoms. The summed E-state index contributed by atoms with van der Waals surface area (Å²) in [5, 5.41) is 14.3. The van der Waals surface area contributed by atoms with E-state index in [0.717, 1.165) is 17.3 Å². The van der Waals surface area contributed by atoms with Crippen molar-refractivity contribution < 1.29 is 31.5 Å². The van der Waals surface area contributed by atoms with Crippen LogP contribution in [-0.2, 0) is 17.4 Å². The van der Waals surface area contributed by atoms with Gasteiger partial charge in [0.1, 0.15) is 5.75 Å². The number of rotatable bonds is 9. The molecule has 0 atom stereocenters. The minimum absolute atomic E-state index is 0.0522. The number of hydrogen-bond acceptors (Lipinski definition) is 5. The van der Waals surface area contributed by atoms with Crippen LogP contribution in [0.4, 0.5) is 27.6 Å². The molecule has 1 N–H and O–H groups in total. The molecule has 0 bridgehead atoms. The van der Waals surface area contributed by atoms with Crippen LogP contribution in [-0.4, -0.2) is 18.7 Å². The van der Waals surface area contributed by atoms with E-state index in [1.54, 1.807) is 24.3 Å². The number of halogens is 5. The third-order valence-corrected chi connectivity index (χ3v) is 4.68. The lowest BCUT2D eigenvalue weighted by molar-refractivity contribution is -0.137. The van der Waals surface area contributed by atoms with Gasteiger partial charge in [-0.2, -0.15) is 37.4 Å². The van der Waals surface area contributed by atoms with Gasteiger partial charge in [0.05, 0.1) is 28.6 Å². The Balaban J connectivity index is 2.04. The topological polar surface area (TPSA) is 77.7 Å². The smallest absolute Gasteiger partial charge is 0.416 e. The molecule has 0 fully saturated rings. The van der Waals surface area contributed by atoms with Crippen LogP contribution < -0.4 is 15.3 Å². The zero-order chi connectivity index (χ0) is 25.4. The predicted octanol–water partition coefficient (Wildman–Crippen LogP) is 5.29. The molecule has 0 heterocycles. The first-order chi connectivity index (χ1) is 16.7. The van der Waals surface area contributed by atoms with Crippen LogP contribution in [0.25, 0.3) is 0 Å². The third kappa shape index (κ3) is 7.01. The Kier molecular flexibility index (Phi) is 7.99. The minimum atomic E-state index is -4.59. The predicted molar refractivity (Wildman–Crippen MR) is 118 cm³/mol. The molecule has 1 amide bonds. The van der Waals surface area contributed by atoms with Crippen molar-refractivity contribution >= 4 is 17.8 Å². The lowest BCUT2D eigenvalue weighted by Gasteiger charge is -2.20. The number of hydrogen-bond donors (Lipinski definition) is 1. The Bertz CT molecular complexity index is 1220. The number of nitrogens with one attached hydrogen (secondary N) is 1. The number of anilines is 1. The number of nitriles is 1. The van der Waals surface area contributed by atoms with E-state index in [4.69, 9.17) is 5.26 Å². The molecule has 0 radical (unpaired) electrons. The maximum Gasteiger partial charge on any atom is 0.416 e. The van der Waals surface area contributed by atoms with Crippen molar-refractivity contribution in [3.8, 4) is 11.8 Å². The van der Waals surface area contributed by atoms with Crippen molar-refractivity contribution in [1.29, 1.82) is 5.26 Å². The Morgan fingerprint density at radius 1 is 1.09 bits per heavy atom. The van der Waals surface area contributed by atoms with Crippen LogP contribution in [0, 0.1) is 11.3 Å². The van der Waals surface area contributed by atoms with Crippen molar-refractivity contribution in [2.45, 2.75) is 19.2 Å². The second-order valence-corrected chi connectivity index (χ2v) is 7.04. The van der Waals surface area contributed by atoms with Crippen molar-refractivity contribution in [2.24, 2.45) is 5.10 Å². The molecular formula is C24H17F5N4O2. The molecule has 3 rings (SSSR count). The number of carbonyl (C=O) groups excluding carboxylic acids is 1. The molecule has 3 aromatic rings. The highest BCUT2D eigenvalue weighted by atomic mass is 19.4. The van der Waals surface area contributed by atoms with E-state index in [0.29, 0.717) is 17.5 Å². The fourth-order valence-corrected chi connectivity index (χ4v) is 3.06. The molecule has 0 aliphatic heterocycles. The standard InChI is InChI=1S/C24H17F5N4O2/c25-23(26)35-21-10-8-20(9-11-21)33(31-15-34)32-22(12-16-4-6-17(14-30)7-5-16)18-2-1-3-19(13-18)24(27,28)29/h1-11,13,15,23H,12H2,(H,31,34)/b32-22+. The number of nitrogens with zero attached hydrogens (tertiary/aromatic N) is 3. The summed E-state index contributed by atoms with van der Waals surface area (Å²) < 4.78 is 69.1. The highest BCUT2D eigenvalue weighted by molar-refractivity contribution is 6.02. The largest absolute Gasteiger partial charge is 0.435 e. The normalized spacial score (nSPS) is 11.6. The second kappa shape index (κ2) is 11.1. The first-order valence-electron chi connectivity index (χ1n) is 9.98. The molecule has 0 saturated carbocycles. The first kappa shape index (κ1) is 25.2. The monoisotopic (exact) mass is 488 g/mol. The van der Waals surface area contributed by atoms with Gasteiger partial charge in [-0.15, -0.1) is 0 Å². The average Bonchev–Trinajstić information content (AvgIpc) is 2.83. The molecule has 0 saturated heterocycles. The lowest BCUT2D eigenvalue weighted by atomic mass is 9.99. The van der Waals surface area contributed by atoms with E-state index in [1.807, 2.05) is 6.07 Å². The Hall–Kier alpha value is -4.46. The summed E-state index contributed by atoms with van der Waals surface area (Å²) >= 11 is 0. The highest BCUT2D eigenvalue weighted by Gasteiger charge is 2.30. The van der Waals surface area contributed by atoms with E-state index in [9.17, 15) is 26.7 Å². The summed E-state index contributed by atoms with van der Waals surface area (Å²) in [6, 6.07) is 18.0. The van der Waals surface area contributed by atoms with E-state index in [2.05, 4.69) is 15.3 Å². The number of hydrazine groups is 1. The summed E-state index contributed by atoms with van der Waals surface area (Å²) in [7, 11) is 0. The Labute approximate surface area is 196 Å².